The smallest absolute Gasteiger partial charge is 0.365 e. The van der Waals surface area contributed by atoms with E-state index < -0.39 is 23.6 Å². The third-order valence-electron chi connectivity index (χ3n) is 4.21. The lowest BCUT2D eigenvalue weighted by molar-refractivity contribution is -0.182. The number of nitrogens with one attached hydrogen (secondary N) is 1. The number of hydrogen-bond donors (Lipinski definition) is 1. The van der Waals surface area contributed by atoms with Crippen LogP contribution in [0.2, 0.25) is 5.02 Å². The van der Waals surface area contributed by atoms with Crippen molar-refractivity contribution in [1.29, 1.82) is 0 Å². The first-order valence-corrected chi connectivity index (χ1v) is 9.05. The molecule has 0 fully saturated rings. The number of halogens is 1. The summed E-state index contributed by atoms with van der Waals surface area (Å²) in [6, 6.07) is 13.1. The summed E-state index contributed by atoms with van der Waals surface area (Å²) >= 11 is 6.09. The van der Waals surface area contributed by atoms with Crippen LogP contribution in [0.15, 0.2) is 48.5 Å². The molecule has 0 bridgehead atoms. The van der Waals surface area contributed by atoms with Crippen molar-refractivity contribution in [3.8, 4) is 5.75 Å². The number of esters is 2. The van der Waals surface area contributed by atoms with Crippen LogP contribution in [0.3, 0.4) is 0 Å². The minimum Gasteiger partial charge on any atom is -0.462 e. The first-order chi connectivity index (χ1) is 13.0. The van der Waals surface area contributed by atoms with Gasteiger partial charge in [0.2, 0.25) is 0 Å². The second-order valence-electron chi connectivity index (χ2n) is 5.91. The van der Waals surface area contributed by atoms with Gasteiger partial charge in [0, 0.05) is 5.02 Å². The van der Waals surface area contributed by atoms with Crippen LogP contribution in [0, 0.1) is 0 Å². The maximum atomic E-state index is 13.0. The van der Waals surface area contributed by atoms with Crippen molar-refractivity contribution in [3.63, 3.8) is 0 Å². The van der Waals surface area contributed by atoms with E-state index in [9.17, 15) is 9.59 Å². The van der Waals surface area contributed by atoms with Gasteiger partial charge in [-0.2, -0.15) is 0 Å². The van der Waals surface area contributed by atoms with Crippen molar-refractivity contribution >= 4 is 29.2 Å². The summed E-state index contributed by atoms with van der Waals surface area (Å²) in [5, 5.41) is 3.71. The van der Waals surface area contributed by atoms with Crippen molar-refractivity contribution in [2.24, 2.45) is 0 Å². The zero-order valence-electron chi connectivity index (χ0n) is 15.0. The van der Waals surface area contributed by atoms with E-state index in [4.69, 9.17) is 25.8 Å². The van der Waals surface area contributed by atoms with Gasteiger partial charge >= 0.3 is 17.5 Å². The number of ether oxygens (including phenoxy) is 3. The van der Waals surface area contributed by atoms with E-state index in [0.717, 1.165) is 0 Å². The second kappa shape index (κ2) is 7.88. The standard InChI is InChI=1S/C20H20ClNO5/c1-3-25-18(23)20(19(24)26-4-2)17(13-8-6-5-7-9-13)22-15-12-14(21)10-11-16(15)27-20/h5-12,17,22H,3-4H2,1-2H3. The molecule has 2 aromatic carbocycles. The Bertz CT molecular complexity index is 822. The highest BCUT2D eigenvalue weighted by molar-refractivity contribution is 6.31. The van der Waals surface area contributed by atoms with E-state index in [-0.39, 0.29) is 13.2 Å². The average Bonchev–Trinajstić information content (AvgIpc) is 2.68. The third kappa shape index (κ3) is 3.45. The van der Waals surface area contributed by atoms with Gasteiger partial charge in [-0.15, -0.1) is 0 Å². The molecule has 0 radical (unpaired) electrons. The van der Waals surface area contributed by atoms with Gasteiger partial charge in [-0.25, -0.2) is 9.59 Å². The van der Waals surface area contributed by atoms with E-state index in [1.807, 2.05) is 18.2 Å². The Hall–Kier alpha value is -2.73. The van der Waals surface area contributed by atoms with Crippen LogP contribution in [0.1, 0.15) is 25.5 Å². The summed E-state index contributed by atoms with van der Waals surface area (Å²) in [5.74, 6) is -1.32. The van der Waals surface area contributed by atoms with E-state index in [0.29, 0.717) is 22.0 Å². The van der Waals surface area contributed by atoms with Crippen molar-refractivity contribution in [1.82, 2.24) is 0 Å². The highest BCUT2D eigenvalue weighted by Gasteiger charge is 2.61. The molecule has 1 aliphatic heterocycles. The predicted molar refractivity (Wildman–Crippen MR) is 101 cm³/mol. The summed E-state index contributed by atoms with van der Waals surface area (Å²) in [6.07, 6.45) is 0. The molecule has 6 nitrogen and oxygen atoms in total. The molecular weight excluding hydrogens is 370 g/mol. The maximum Gasteiger partial charge on any atom is 0.365 e. The van der Waals surface area contributed by atoms with Crippen molar-refractivity contribution < 1.29 is 23.8 Å². The maximum absolute atomic E-state index is 13.0. The summed E-state index contributed by atoms with van der Waals surface area (Å²) in [4.78, 5) is 26.0. The van der Waals surface area contributed by atoms with E-state index in [1.54, 1.807) is 44.2 Å². The van der Waals surface area contributed by atoms with Crippen LogP contribution in [-0.2, 0) is 19.1 Å². The van der Waals surface area contributed by atoms with Crippen molar-refractivity contribution in [3.05, 3.63) is 59.1 Å². The number of anilines is 1. The number of rotatable bonds is 5. The molecule has 0 amide bonds. The quantitative estimate of drug-likeness (QED) is 0.620. The highest BCUT2D eigenvalue weighted by atomic mass is 35.5. The fraction of sp³-hybridized carbons (Fsp3) is 0.300. The molecule has 1 N–H and O–H groups in total. The van der Waals surface area contributed by atoms with Gasteiger partial charge in [-0.1, -0.05) is 41.9 Å². The first kappa shape index (κ1) is 19.0. The Morgan fingerprint density at radius 3 is 2.30 bits per heavy atom. The third-order valence-corrected chi connectivity index (χ3v) is 4.44. The normalized spacial score (nSPS) is 17.1. The number of fused-ring (bicyclic) bond motifs is 1. The molecule has 3 rings (SSSR count). The lowest BCUT2D eigenvalue weighted by atomic mass is 9.86. The topological polar surface area (TPSA) is 73.9 Å². The second-order valence-corrected chi connectivity index (χ2v) is 6.34. The van der Waals surface area contributed by atoms with Gasteiger partial charge in [-0.05, 0) is 37.6 Å². The lowest BCUT2D eigenvalue weighted by Gasteiger charge is -2.41. The summed E-state index contributed by atoms with van der Waals surface area (Å²) in [7, 11) is 0. The predicted octanol–water partition coefficient (Wildman–Crippen LogP) is 3.75. The van der Waals surface area contributed by atoms with Crippen LogP contribution in [0.25, 0.3) is 0 Å². The van der Waals surface area contributed by atoms with E-state index in [1.165, 1.54) is 0 Å². The SMILES string of the molecule is CCOC(=O)C1(C(=O)OCC)Oc2ccc(Cl)cc2NC1c1ccccc1. The minimum absolute atomic E-state index is 0.0956. The highest BCUT2D eigenvalue weighted by Crippen LogP contribution is 2.45. The Balaban J connectivity index is 2.20. The fourth-order valence-electron chi connectivity index (χ4n) is 3.04. The monoisotopic (exact) mass is 389 g/mol. The van der Waals surface area contributed by atoms with Gasteiger partial charge in [0.05, 0.1) is 18.9 Å². The molecule has 2 aromatic rings. The molecule has 1 atom stereocenters. The summed E-state index contributed by atoms with van der Waals surface area (Å²) in [5.41, 5.74) is -0.779. The lowest BCUT2D eigenvalue weighted by Crippen LogP contribution is -2.61. The Labute approximate surface area is 162 Å². The Morgan fingerprint density at radius 1 is 1.07 bits per heavy atom. The molecule has 0 aliphatic carbocycles. The number of hydrogen-bond acceptors (Lipinski definition) is 6. The van der Waals surface area contributed by atoms with Crippen LogP contribution >= 0.6 is 11.6 Å². The molecule has 0 spiro atoms. The minimum atomic E-state index is -2.02. The van der Waals surface area contributed by atoms with Crippen LogP contribution < -0.4 is 10.1 Å². The molecule has 7 heteroatoms. The molecule has 1 unspecified atom stereocenters. The zero-order chi connectivity index (χ0) is 19.4. The van der Waals surface area contributed by atoms with Gasteiger partial charge in [0.25, 0.3) is 0 Å². The van der Waals surface area contributed by atoms with Gasteiger partial charge in [0.15, 0.2) is 0 Å². The first-order valence-electron chi connectivity index (χ1n) is 8.67. The zero-order valence-corrected chi connectivity index (χ0v) is 15.8. The van der Waals surface area contributed by atoms with E-state index in [2.05, 4.69) is 5.32 Å². The largest absolute Gasteiger partial charge is 0.462 e. The summed E-state index contributed by atoms with van der Waals surface area (Å²) < 4.78 is 16.4. The Morgan fingerprint density at radius 2 is 1.70 bits per heavy atom. The molecule has 0 saturated heterocycles. The summed E-state index contributed by atoms with van der Waals surface area (Å²) in [6.45, 7) is 3.52. The number of benzene rings is 2. The molecule has 1 heterocycles. The van der Waals surface area contributed by atoms with Crippen LogP contribution in [-0.4, -0.2) is 30.8 Å². The molecule has 142 valence electrons. The van der Waals surface area contributed by atoms with Crippen LogP contribution in [0.4, 0.5) is 5.69 Å². The molecule has 0 aromatic heterocycles. The van der Waals surface area contributed by atoms with Crippen LogP contribution in [0.5, 0.6) is 5.75 Å². The van der Waals surface area contributed by atoms with Crippen molar-refractivity contribution in [2.45, 2.75) is 25.5 Å². The van der Waals surface area contributed by atoms with Crippen molar-refractivity contribution in [2.75, 3.05) is 18.5 Å². The van der Waals surface area contributed by atoms with Gasteiger partial charge in [-0.3, -0.25) is 0 Å². The fourth-order valence-corrected chi connectivity index (χ4v) is 3.21. The molecule has 1 aliphatic rings. The Kier molecular flexibility index (Phi) is 5.56. The van der Waals surface area contributed by atoms with Gasteiger partial charge in [0.1, 0.15) is 11.8 Å². The number of carbonyl (C=O) groups is 2. The molecular formula is C20H20ClNO5. The average molecular weight is 390 g/mol. The van der Waals surface area contributed by atoms with E-state index >= 15 is 0 Å². The number of carbonyl (C=O) groups excluding carboxylic acids is 2. The molecule has 27 heavy (non-hydrogen) atoms. The molecule has 0 saturated carbocycles. The van der Waals surface area contributed by atoms with Gasteiger partial charge < -0.3 is 19.5 Å².